The van der Waals surface area contributed by atoms with E-state index in [9.17, 15) is 9.59 Å². The lowest BCUT2D eigenvalue weighted by Gasteiger charge is -2.27. The summed E-state index contributed by atoms with van der Waals surface area (Å²) in [5, 5.41) is 0. The van der Waals surface area contributed by atoms with E-state index < -0.39 is 0 Å². The zero-order chi connectivity index (χ0) is 23.9. The lowest BCUT2D eigenvalue weighted by molar-refractivity contribution is 0.0725. The lowest BCUT2D eigenvalue weighted by Crippen LogP contribution is -2.39. The van der Waals surface area contributed by atoms with Crippen LogP contribution in [0.5, 0.6) is 0 Å². The van der Waals surface area contributed by atoms with Crippen molar-refractivity contribution in [3.05, 3.63) is 35.4 Å². The topological polar surface area (TPSA) is 47.1 Å². The summed E-state index contributed by atoms with van der Waals surface area (Å²) in [6.07, 6.45) is 1.86. The quantitative estimate of drug-likeness (QED) is 0.384. The van der Waals surface area contributed by atoms with E-state index in [0.29, 0.717) is 11.1 Å². The van der Waals surface area contributed by atoms with E-state index in [1.807, 2.05) is 34.1 Å². The summed E-state index contributed by atoms with van der Waals surface area (Å²) in [5.41, 5.74) is 1.31. The van der Waals surface area contributed by atoms with Gasteiger partial charge in [-0.2, -0.15) is 0 Å². The number of hydrogen-bond acceptors (Lipinski definition) is 4. The van der Waals surface area contributed by atoms with Crippen LogP contribution in [0.15, 0.2) is 24.3 Å². The number of amides is 2. The Hall–Kier alpha value is -1.92. The molecule has 1 aromatic carbocycles. The molecule has 0 aliphatic carbocycles. The summed E-state index contributed by atoms with van der Waals surface area (Å²) < 4.78 is 0. The third kappa shape index (κ3) is 8.91. The van der Waals surface area contributed by atoms with Crippen molar-refractivity contribution in [2.24, 2.45) is 0 Å². The van der Waals surface area contributed by atoms with Gasteiger partial charge >= 0.3 is 0 Å². The molecule has 0 bridgehead atoms. The fourth-order valence-electron chi connectivity index (χ4n) is 3.89. The van der Waals surface area contributed by atoms with Crippen molar-refractivity contribution in [3.8, 4) is 0 Å². The molecule has 182 valence electrons. The van der Waals surface area contributed by atoms with Crippen molar-refractivity contribution in [3.63, 3.8) is 0 Å². The Bertz CT molecular complexity index is 597. The summed E-state index contributed by atoms with van der Waals surface area (Å²) in [6.45, 7) is 21.5. The maximum Gasteiger partial charge on any atom is 0.253 e. The van der Waals surface area contributed by atoms with E-state index in [1.54, 1.807) is 0 Å². The van der Waals surface area contributed by atoms with Gasteiger partial charge < -0.3 is 19.6 Å². The van der Waals surface area contributed by atoms with Gasteiger partial charge in [-0.1, -0.05) is 41.5 Å². The minimum absolute atomic E-state index is 0.0463. The highest BCUT2D eigenvalue weighted by molar-refractivity contribution is 5.97. The molecular weight excluding hydrogens is 400 g/mol. The van der Waals surface area contributed by atoms with E-state index >= 15 is 0 Å². The van der Waals surface area contributed by atoms with Gasteiger partial charge in [0.05, 0.1) is 0 Å². The zero-order valence-corrected chi connectivity index (χ0v) is 21.4. The van der Waals surface area contributed by atoms with Crippen molar-refractivity contribution in [2.75, 3.05) is 65.4 Å². The Morgan fingerprint density at radius 3 is 1.09 bits per heavy atom. The van der Waals surface area contributed by atoms with E-state index in [2.05, 4.69) is 51.3 Å². The van der Waals surface area contributed by atoms with Crippen LogP contribution in [0.3, 0.4) is 0 Å². The molecule has 0 N–H and O–H groups in total. The summed E-state index contributed by atoms with van der Waals surface area (Å²) in [5.74, 6) is 0.0925. The molecule has 0 saturated heterocycles. The summed E-state index contributed by atoms with van der Waals surface area (Å²) in [4.78, 5) is 34.7. The van der Waals surface area contributed by atoms with Crippen molar-refractivity contribution >= 4 is 11.8 Å². The highest BCUT2D eigenvalue weighted by Gasteiger charge is 2.19. The maximum atomic E-state index is 13.1. The SMILES string of the molecule is CCCN(CCN(CC)CC)C(=O)c1ccc(C(=O)N(CCC)CCN(CC)CC)cc1. The number of rotatable bonds is 16. The Morgan fingerprint density at radius 2 is 0.844 bits per heavy atom. The van der Waals surface area contributed by atoms with E-state index in [0.717, 1.165) is 78.3 Å². The van der Waals surface area contributed by atoms with Gasteiger partial charge in [0.25, 0.3) is 11.8 Å². The molecule has 1 rings (SSSR count). The monoisotopic (exact) mass is 446 g/mol. The van der Waals surface area contributed by atoms with Gasteiger partial charge in [-0.3, -0.25) is 9.59 Å². The number of benzene rings is 1. The number of hydrogen-bond donors (Lipinski definition) is 0. The van der Waals surface area contributed by atoms with Crippen molar-refractivity contribution in [1.82, 2.24) is 19.6 Å². The fraction of sp³-hybridized carbons (Fsp3) is 0.692. The third-order valence-electron chi connectivity index (χ3n) is 6.10. The van der Waals surface area contributed by atoms with Gasteiger partial charge in [0.15, 0.2) is 0 Å². The number of likely N-dealkylation sites (N-methyl/N-ethyl adjacent to an activating group) is 2. The second kappa shape index (κ2) is 15.8. The highest BCUT2D eigenvalue weighted by Crippen LogP contribution is 2.12. The molecular formula is C26H46N4O2. The molecule has 0 unspecified atom stereocenters. The first-order valence-electron chi connectivity index (χ1n) is 12.6. The third-order valence-corrected chi connectivity index (χ3v) is 6.10. The molecule has 0 heterocycles. The van der Waals surface area contributed by atoms with Crippen LogP contribution in [-0.2, 0) is 0 Å². The van der Waals surface area contributed by atoms with Crippen molar-refractivity contribution in [2.45, 2.75) is 54.4 Å². The second-order valence-electron chi connectivity index (χ2n) is 8.22. The zero-order valence-electron chi connectivity index (χ0n) is 21.4. The average Bonchev–Trinajstić information content (AvgIpc) is 2.83. The molecule has 0 aliphatic rings. The Labute approximate surface area is 196 Å². The maximum absolute atomic E-state index is 13.1. The fourth-order valence-corrected chi connectivity index (χ4v) is 3.89. The predicted molar refractivity (Wildman–Crippen MR) is 134 cm³/mol. The molecule has 0 fully saturated rings. The van der Waals surface area contributed by atoms with Gasteiger partial charge in [0.1, 0.15) is 0 Å². The molecule has 6 nitrogen and oxygen atoms in total. The van der Waals surface area contributed by atoms with Gasteiger partial charge in [0, 0.05) is 50.4 Å². The van der Waals surface area contributed by atoms with E-state index in [-0.39, 0.29) is 11.8 Å². The predicted octanol–water partition coefficient (Wildman–Crippen LogP) is 4.07. The van der Waals surface area contributed by atoms with Crippen LogP contribution in [0.1, 0.15) is 75.1 Å². The lowest BCUT2D eigenvalue weighted by atomic mass is 10.1. The minimum atomic E-state index is 0.0463. The summed E-state index contributed by atoms with van der Waals surface area (Å²) in [6, 6.07) is 7.24. The van der Waals surface area contributed by atoms with Crippen LogP contribution in [0, 0.1) is 0 Å². The second-order valence-corrected chi connectivity index (χ2v) is 8.22. The van der Waals surface area contributed by atoms with Crippen LogP contribution in [0.25, 0.3) is 0 Å². The first-order chi connectivity index (χ1) is 15.4. The van der Waals surface area contributed by atoms with Crippen LogP contribution < -0.4 is 0 Å². The number of carbonyl (C=O) groups excluding carboxylic acids is 2. The molecule has 0 aliphatic heterocycles. The van der Waals surface area contributed by atoms with Crippen LogP contribution in [0.2, 0.25) is 0 Å². The minimum Gasteiger partial charge on any atom is -0.337 e. The summed E-state index contributed by atoms with van der Waals surface area (Å²) in [7, 11) is 0. The molecule has 0 spiro atoms. The molecule has 32 heavy (non-hydrogen) atoms. The number of carbonyl (C=O) groups is 2. The molecule has 0 radical (unpaired) electrons. The molecule has 2 amide bonds. The van der Waals surface area contributed by atoms with E-state index in [4.69, 9.17) is 0 Å². The van der Waals surface area contributed by atoms with Crippen LogP contribution in [-0.4, -0.2) is 96.9 Å². The van der Waals surface area contributed by atoms with Crippen LogP contribution >= 0.6 is 0 Å². The van der Waals surface area contributed by atoms with E-state index in [1.165, 1.54) is 0 Å². The van der Waals surface area contributed by atoms with Crippen molar-refractivity contribution in [1.29, 1.82) is 0 Å². The standard InChI is InChI=1S/C26H46N4O2/c1-7-17-29(21-19-27(9-3)10-4)25(31)23-13-15-24(16-14-23)26(32)30(18-8-2)22-20-28(11-5)12-6/h13-16H,7-12,17-22H2,1-6H3. The highest BCUT2D eigenvalue weighted by atomic mass is 16.2. The van der Waals surface area contributed by atoms with Crippen molar-refractivity contribution < 1.29 is 9.59 Å². The molecule has 0 atom stereocenters. The smallest absolute Gasteiger partial charge is 0.253 e. The Balaban J connectivity index is 2.86. The molecule has 1 aromatic rings. The average molecular weight is 447 g/mol. The molecule has 0 aromatic heterocycles. The summed E-state index contributed by atoms with van der Waals surface area (Å²) >= 11 is 0. The first-order valence-corrected chi connectivity index (χ1v) is 12.6. The van der Waals surface area contributed by atoms with Gasteiger partial charge in [-0.05, 0) is 63.3 Å². The molecule has 0 saturated carbocycles. The van der Waals surface area contributed by atoms with Gasteiger partial charge in [0.2, 0.25) is 0 Å². The van der Waals surface area contributed by atoms with Crippen LogP contribution in [0.4, 0.5) is 0 Å². The normalized spacial score (nSPS) is 11.2. The first kappa shape index (κ1) is 28.1. The largest absolute Gasteiger partial charge is 0.337 e. The van der Waals surface area contributed by atoms with Gasteiger partial charge in [-0.25, -0.2) is 0 Å². The Morgan fingerprint density at radius 1 is 0.531 bits per heavy atom. The van der Waals surface area contributed by atoms with Gasteiger partial charge in [-0.15, -0.1) is 0 Å². The molecule has 6 heteroatoms. The number of nitrogens with zero attached hydrogens (tertiary/aromatic N) is 4. The Kier molecular flexibility index (Phi) is 13.9.